The molecule has 90 valence electrons. The molecule has 1 aromatic carbocycles. The number of H-pyrrole nitrogens is 1. The van der Waals surface area contributed by atoms with Crippen molar-refractivity contribution in [1.29, 1.82) is 0 Å². The van der Waals surface area contributed by atoms with Crippen molar-refractivity contribution in [3.05, 3.63) is 48.3 Å². The molecule has 0 unspecified atom stereocenters. The Kier molecular flexibility index (Phi) is 2.90. The summed E-state index contributed by atoms with van der Waals surface area (Å²) in [6.45, 7) is 0. The first-order valence-electron chi connectivity index (χ1n) is 5.52. The number of aromatic hydroxyl groups is 1. The largest absolute Gasteiger partial charge is 0.505 e. The van der Waals surface area contributed by atoms with Gasteiger partial charge in [-0.2, -0.15) is 5.10 Å². The van der Waals surface area contributed by atoms with E-state index < -0.39 is 0 Å². The number of nitrogens with one attached hydrogen (secondary N) is 1. The molecule has 0 aliphatic rings. The predicted octanol–water partition coefficient (Wildman–Crippen LogP) is 2.96. The second kappa shape index (κ2) is 4.70. The molecule has 0 aliphatic carbocycles. The number of pyridine rings is 1. The van der Waals surface area contributed by atoms with Crippen LogP contribution < -0.4 is 0 Å². The smallest absolute Gasteiger partial charge is 0.147 e. The van der Waals surface area contributed by atoms with Gasteiger partial charge in [0.25, 0.3) is 0 Å². The molecule has 0 bridgehead atoms. The molecule has 0 saturated heterocycles. The zero-order chi connectivity index (χ0) is 12.4. The standard InChI is InChI=1S/C13H11N3OS/c17-12-2-1-5-14-13(12)18-8-9-3-4-10-7-15-16-11(10)6-9/h1-7,17H,8H2,(H,15,16). The van der Waals surface area contributed by atoms with E-state index in [1.165, 1.54) is 17.3 Å². The summed E-state index contributed by atoms with van der Waals surface area (Å²) in [5.41, 5.74) is 2.19. The Hall–Kier alpha value is -2.01. The topological polar surface area (TPSA) is 61.8 Å². The molecule has 0 atom stereocenters. The predicted molar refractivity (Wildman–Crippen MR) is 71.6 cm³/mol. The van der Waals surface area contributed by atoms with Crippen molar-refractivity contribution in [1.82, 2.24) is 15.2 Å². The molecule has 0 spiro atoms. The van der Waals surface area contributed by atoms with E-state index in [4.69, 9.17) is 0 Å². The van der Waals surface area contributed by atoms with Gasteiger partial charge in [0.1, 0.15) is 10.8 Å². The average Bonchev–Trinajstić information content (AvgIpc) is 2.85. The second-order valence-corrected chi connectivity index (χ2v) is 4.87. The van der Waals surface area contributed by atoms with Crippen molar-refractivity contribution in [3.8, 4) is 5.75 Å². The van der Waals surface area contributed by atoms with Gasteiger partial charge in [0, 0.05) is 17.3 Å². The van der Waals surface area contributed by atoms with E-state index in [9.17, 15) is 5.11 Å². The molecule has 2 heterocycles. The van der Waals surface area contributed by atoms with E-state index in [-0.39, 0.29) is 5.75 Å². The number of nitrogens with zero attached hydrogens (tertiary/aromatic N) is 2. The van der Waals surface area contributed by atoms with Crippen molar-refractivity contribution in [2.24, 2.45) is 0 Å². The summed E-state index contributed by atoms with van der Waals surface area (Å²) in [6, 6.07) is 9.52. The Bertz CT molecular complexity index is 681. The third kappa shape index (κ3) is 2.17. The van der Waals surface area contributed by atoms with Gasteiger partial charge in [-0.25, -0.2) is 4.98 Å². The van der Waals surface area contributed by atoms with E-state index in [1.54, 1.807) is 24.5 Å². The van der Waals surface area contributed by atoms with Crippen molar-refractivity contribution < 1.29 is 5.11 Å². The molecule has 3 rings (SSSR count). The molecule has 5 heteroatoms. The summed E-state index contributed by atoms with van der Waals surface area (Å²) in [4.78, 5) is 4.14. The van der Waals surface area contributed by atoms with Gasteiger partial charge in [-0.15, -0.1) is 0 Å². The van der Waals surface area contributed by atoms with Crippen LogP contribution in [0, 0.1) is 0 Å². The fraction of sp³-hybridized carbons (Fsp3) is 0.0769. The lowest BCUT2D eigenvalue weighted by Gasteiger charge is -2.03. The first-order valence-corrected chi connectivity index (χ1v) is 6.50. The minimum atomic E-state index is 0.227. The minimum absolute atomic E-state index is 0.227. The Morgan fingerprint density at radius 1 is 1.28 bits per heavy atom. The van der Waals surface area contributed by atoms with Gasteiger partial charge >= 0.3 is 0 Å². The quantitative estimate of drug-likeness (QED) is 0.708. The number of fused-ring (bicyclic) bond motifs is 1. The van der Waals surface area contributed by atoms with Gasteiger partial charge in [0.15, 0.2) is 0 Å². The lowest BCUT2D eigenvalue weighted by Crippen LogP contribution is -1.84. The van der Waals surface area contributed by atoms with Crippen LogP contribution in [-0.4, -0.2) is 20.3 Å². The molecular weight excluding hydrogens is 246 g/mol. The summed E-state index contributed by atoms with van der Waals surface area (Å²) < 4.78 is 0. The first-order chi connectivity index (χ1) is 8.83. The van der Waals surface area contributed by atoms with E-state index >= 15 is 0 Å². The van der Waals surface area contributed by atoms with Crippen LogP contribution >= 0.6 is 11.8 Å². The summed E-state index contributed by atoms with van der Waals surface area (Å²) >= 11 is 1.52. The van der Waals surface area contributed by atoms with Crippen molar-refractivity contribution in [2.45, 2.75) is 10.8 Å². The number of aromatic amines is 1. The number of hydrogen-bond donors (Lipinski definition) is 2. The van der Waals surface area contributed by atoms with Crippen LogP contribution in [0.25, 0.3) is 10.9 Å². The third-order valence-electron chi connectivity index (χ3n) is 2.63. The zero-order valence-corrected chi connectivity index (χ0v) is 10.3. The Balaban J connectivity index is 1.78. The molecule has 0 saturated carbocycles. The average molecular weight is 257 g/mol. The maximum absolute atomic E-state index is 9.63. The van der Waals surface area contributed by atoms with Gasteiger partial charge < -0.3 is 5.11 Å². The van der Waals surface area contributed by atoms with Gasteiger partial charge in [-0.05, 0) is 23.8 Å². The van der Waals surface area contributed by atoms with Gasteiger partial charge in [0.05, 0.1) is 11.7 Å². The van der Waals surface area contributed by atoms with E-state index in [2.05, 4.69) is 27.3 Å². The minimum Gasteiger partial charge on any atom is -0.505 e. The summed E-state index contributed by atoms with van der Waals surface area (Å²) in [7, 11) is 0. The fourth-order valence-electron chi connectivity index (χ4n) is 1.72. The van der Waals surface area contributed by atoms with Crippen LogP contribution in [0.15, 0.2) is 47.8 Å². The molecule has 2 N–H and O–H groups in total. The van der Waals surface area contributed by atoms with Gasteiger partial charge in [-0.3, -0.25) is 5.10 Å². The van der Waals surface area contributed by atoms with Crippen LogP contribution in [0.2, 0.25) is 0 Å². The van der Waals surface area contributed by atoms with Gasteiger partial charge in [-0.1, -0.05) is 23.9 Å². The molecule has 3 aromatic rings. The normalized spacial score (nSPS) is 10.9. The highest BCUT2D eigenvalue weighted by Crippen LogP contribution is 2.28. The molecule has 2 aromatic heterocycles. The highest BCUT2D eigenvalue weighted by Gasteiger charge is 2.04. The molecule has 0 aliphatic heterocycles. The third-order valence-corrected chi connectivity index (χ3v) is 3.70. The summed E-state index contributed by atoms with van der Waals surface area (Å²) in [5, 5.41) is 18.3. The van der Waals surface area contributed by atoms with E-state index in [1.807, 2.05) is 6.07 Å². The second-order valence-electron chi connectivity index (χ2n) is 3.91. The maximum atomic E-state index is 9.63. The van der Waals surface area contributed by atoms with Crippen molar-refractivity contribution >= 4 is 22.7 Å². The number of aromatic nitrogens is 3. The zero-order valence-electron chi connectivity index (χ0n) is 9.50. The summed E-state index contributed by atoms with van der Waals surface area (Å²) in [6.07, 6.45) is 3.48. The van der Waals surface area contributed by atoms with Crippen molar-refractivity contribution in [2.75, 3.05) is 0 Å². The molecule has 0 fully saturated rings. The van der Waals surface area contributed by atoms with Crippen LogP contribution in [-0.2, 0) is 5.75 Å². The molecule has 4 nitrogen and oxygen atoms in total. The first kappa shape index (κ1) is 11.1. The van der Waals surface area contributed by atoms with Gasteiger partial charge in [0.2, 0.25) is 0 Å². The van der Waals surface area contributed by atoms with Crippen LogP contribution in [0.5, 0.6) is 5.75 Å². The molecule has 18 heavy (non-hydrogen) atoms. The van der Waals surface area contributed by atoms with Crippen LogP contribution in [0.4, 0.5) is 0 Å². The Morgan fingerprint density at radius 3 is 3.11 bits per heavy atom. The number of benzene rings is 1. The lowest BCUT2D eigenvalue weighted by atomic mass is 10.2. The SMILES string of the molecule is Oc1cccnc1SCc1ccc2cn[nH]c2c1. The highest BCUT2D eigenvalue weighted by molar-refractivity contribution is 7.98. The fourth-order valence-corrected chi connectivity index (χ4v) is 2.55. The number of thioether (sulfide) groups is 1. The summed E-state index contributed by atoms with van der Waals surface area (Å²) in [5.74, 6) is 0.990. The Labute approximate surface area is 108 Å². The number of rotatable bonds is 3. The Morgan fingerprint density at radius 2 is 2.22 bits per heavy atom. The highest BCUT2D eigenvalue weighted by atomic mass is 32.2. The molecule has 0 radical (unpaired) electrons. The maximum Gasteiger partial charge on any atom is 0.147 e. The van der Waals surface area contributed by atoms with Crippen LogP contribution in [0.3, 0.4) is 0 Å². The molecular formula is C13H11N3OS. The molecule has 0 amide bonds. The number of hydrogen-bond acceptors (Lipinski definition) is 4. The van der Waals surface area contributed by atoms with Crippen molar-refractivity contribution in [3.63, 3.8) is 0 Å². The monoisotopic (exact) mass is 257 g/mol. The van der Waals surface area contributed by atoms with Crippen LogP contribution in [0.1, 0.15) is 5.56 Å². The van der Waals surface area contributed by atoms with E-state index in [0.29, 0.717) is 5.03 Å². The lowest BCUT2D eigenvalue weighted by molar-refractivity contribution is 0.457. The van der Waals surface area contributed by atoms with E-state index in [0.717, 1.165) is 16.7 Å².